The van der Waals surface area contributed by atoms with Crippen LogP contribution in [0.25, 0.3) is 10.8 Å². The molecule has 0 fully saturated rings. The summed E-state index contributed by atoms with van der Waals surface area (Å²) < 4.78 is 13.4. The van der Waals surface area contributed by atoms with E-state index in [-0.39, 0.29) is 5.82 Å². The van der Waals surface area contributed by atoms with Gasteiger partial charge in [-0.25, -0.2) is 4.39 Å². The van der Waals surface area contributed by atoms with Gasteiger partial charge in [0, 0.05) is 5.56 Å². The lowest BCUT2D eigenvalue weighted by Gasteiger charge is -2.38. The highest BCUT2D eigenvalue weighted by Crippen LogP contribution is 2.40. The molecule has 0 N–H and O–H groups in total. The van der Waals surface area contributed by atoms with Crippen molar-refractivity contribution >= 4 is 18.8 Å². The zero-order valence-electron chi connectivity index (χ0n) is 15.1. The second kappa shape index (κ2) is 6.89. The molecule has 23 heavy (non-hydrogen) atoms. The van der Waals surface area contributed by atoms with Crippen molar-refractivity contribution in [3.63, 3.8) is 0 Å². The highest BCUT2D eigenvalue weighted by Gasteiger charge is 2.41. The van der Waals surface area contributed by atoms with Crippen LogP contribution >= 0.6 is 0 Å². The minimum atomic E-state index is -1.74. The highest BCUT2D eigenvalue weighted by molar-refractivity contribution is 6.90. The minimum Gasteiger partial charge on any atom is -0.207 e. The van der Waals surface area contributed by atoms with Gasteiger partial charge in [-0.15, -0.1) is 5.54 Å². The van der Waals surface area contributed by atoms with E-state index < -0.39 is 8.07 Å². The third-order valence-electron chi connectivity index (χ3n) is 5.12. The van der Waals surface area contributed by atoms with E-state index in [1.807, 2.05) is 24.3 Å². The first-order chi connectivity index (χ1) is 10.8. The minimum absolute atomic E-state index is 0.196. The van der Waals surface area contributed by atoms with Crippen LogP contribution in [0.1, 0.15) is 47.1 Å². The van der Waals surface area contributed by atoms with Crippen LogP contribution in [0, 0.1) is 17.3 Å². The van der Waals surface area contributed by atoms with E-state index in [1.165, 1.54) is 6.07 Å². The Hall–Kier alpha value is -1.59. The van der Waals surface area contributed by atoms with Crippen molar-refractivity contribution in [3.05, 3.63) is 47.8 Å². The fourth-order valence-corrected chi connectivity index (χ4v) is 9.19. The first-order valence-electron chi connectivity index (χ1n) is 8.50. The maximum atomic E-state index is 13.4. The second-order valence-electron chi connectivity index (χ2n) is 7.32. The van der Waals surface area contributed by atoms with Gasteiger partial charge >= 0.3 is 0 Å². The van der Waals surface area contributed by atoms with Gasteiger partial charge in [0.15, 0.2) is 0 Å². The lowest BCUT2D eigenvalue weighted by atomic mass is 10.1. The monoisotopic (exact) mass is 326 g/mol. The van der Waals surface area contributed by atoms with Crippen LogP contribution in [0.2, 0.25) is 16.6 Å². The molecule has 0 unspecified atom stereocenters. The largest absolute Gasteiger partial charge is 0.207 e. The molecule has 0 atom stereocenters. The SMILES string of the molecule is CC(C)[Si](C#Cc1cccc2cc(F)ccc12)(C(C)C)C(C)C. The molecule has 0 aromatic heterocycles. The van der Waals surface area contributed by atoms with Crippen LogP contribution in [-0.2, 0) is 0 Å². The topological polar surface area (TPSA) is 0 Å². The Labute approximate surface area is 141 Å². The summed E-state index contributed by atoms with van der Waals surface area (Å²) >= 11 is 0. The lowest BCUT2D eigenvalue weighted by molar-refractivity contribution is 0.630. The van der Waals surface area contributed by atoms with Crippen molar-refractivity contribution in [1.29, 1.82) is 0 Å². The fourth-order valence-electron chi connectivity index (χ4n) is 3.97. The van der Waals surface area contributed by atoms with Gasteiger partial charge in [-0.2, -0.15) is 0 Å². The van der Waals surface area contributed by atoms with Crippen molar-refractivity contribution < 1.29 is 4.39 Å². The predicted molar refractivity (Wildman–Crippen MR) is 102 cm³/mol. The van der Waals surface area contributed by atoms with Crippen LogP contribution in [-0.4, -0.2) is 8.07 Å². The first-order valence-corrected chi connectivity index (χ1v) is 10.7. The van der Waals surface area contributed by atoms with E-state index in [2.05, 4.69) is 53.0 Å². The summed E-state index contributed by atoms with van der Waals surface area (Å²) in [5, 5.41) is 1.96. The fraction of sp³-hybridized carbons (Fsp3) is 0.429. The van der Waals surface area contributed by atoms with Gasteiger partial charge in [-0.3, -0.25) is 0 Å². The van der Waals surface area contributed by atoms with Gasteiger partial charge < -0.3 is 0 Å². The van der Waals surface area contributed by atoms with Gasteiger partial charge in [-0.1, -0.05) is 65.7 Å². The molecule has 0 heterocycles. The first kappa shape index (κ1) is 17.8. The number of benzene rings is 2. The molecule has 0 nitrogen and oxygen atoms in total. The van der Waals surface area contributed by atoms with Crippen molar-refractivity contribution in [2.75, 3.05) is 0 Å². The van der Waals surface area contributed by atoms with E-state index in [0.717, 1.165) is 16.3 Å². The summed E-state index contributed by atoms with van der Waals surface area (Å²) in [5.41, 5.74) is 6.60. The quantitative estimate of drug-likeness (QED) is 0.443. The van der Waals surface area contributed by atoms with Crippen LogP contribution in [0.3, 0.4) is 0 Å². The van der Waals surface area contributed by atoms with Crippen LogP contribution in [0.5, 0.6) is 0 Å². The molecule has 2 rings (SSSR count). The van der Waals surface area contributed by atoms with Gasteiger partial charge in [0.1, 0.15) is 13.9 Å². The van der Waals surface area contributed by atoms with Crippen molar-refractivity contribution in [2.24, 2.45) is 0 Å². The molecule has 0 saturated heterocycles. The molecule has 2 aromatic rings. The zero-order chi connectivity index (χ0) is 17.2. The Balaban J connectivity index is 2.60. The third-order valence-corrected chi connectivity index (χ3v) is 11.4. The molecule has 2 aromatic carbocycles. The van der Waals surface area contributed by atoms with Crippen molar-refractivity contribution in [1.82, 2.24) is 0 Å². The van der Waals surface area contributed by atoms with Crippen LogP contribution in [0.4, 0.5) is 4.39 Å². The molecule has 0 amide bonds. The van der Waals surface area contributed by atoms with Crippen LogP contribution in [0.15, 0.2) is 36.4 Å². The summed E-state index contributed by atoms with van der Waals surface area (Å²) in [6, 6.07) is 10.9. The smallest absolute Gasteiger partial charge is 0.146 e. The summed E-state index contributed by atoms with van der Waals surface area (Å²) in [4.78, 5) is 0. The van der Waals surface area contributed by atoms with E-state index in [4.69, 9.17) is 0 Å². The van der Waals surface area contributed by atoms with Gasteiger partial charge in [0.25, 0.3) is 0 Å². The molecule has 0 spiro atoms. The van der Waals surface area contributed by atoms with Crippen molar-refractivity contribution in [3.8, 4) is 11.5 Å². The Morgan fingerprint density at radius 3 is 2.04 bits per heavy atom. The molecule has 2 heteroatoms. The summed E-state index contributed by atoms with van der Waals surface area (Å²) in [6.45, 7) is 13.9. The number of halogens is 1. The van der Waals surface area contributed by atoms with E-state index >= 15 is 0 Å². The predicted octanol–water partition coefficient (Wildman–Crippen LogP) is 6.55. The Morgan fingerprint density at radius 1 is 0.870 bits per heavy atom. The van der Waals surface area contributed by atoms with Gasteiger partial charge in [-0.05, 0) is 45.6 Å². The lowest BCUT2D eigenvalue weighted by Crippen LogP contribution is -2.43. The third kappa shape index (κ3) is 3.35. The van der Waals surface area contributed by atoms with Gasteiger partial charge in [0.05, 0.1) is 0 Å². The Kier molecular flexibility index (Phi) is 5.32. The Morgan fingerprint density at radius 2 is 1.48 bits per heavy atom. The average molecular weight is 327 g/mol. The molecule has 0 bridgehead atoms. The molecular weight excluding hydrogens is 299 g/mol. The van der Waals surface area contributed by atoms with Gasteiger partial charge in [0.2, 0.25) is 0 Å². The Bertz CT molecular complexity index is 725. The molecular formula is C21H27FSi. The normalized spacial score (nSPS) is 12.1. The summed E-state index contributed by atoms with van der Waals surface area (Å²) in [7, 11) is -1.74. The molecule has 0 radical (unpaired) electrons. The summed E-state index contributed by atoms with van der Waals surface area (Å²) in [6.07, 6.45) is 0. The average Bonchev–Trinajstić information content (AvgIpc) is 2.46. The highest BCUT2D eigenvalue weighted by atomic mass is 28.3. The van der Waals surface area contributed by atoms with E-state index in [9.17, 15) is 4.39 Å². The molecule has 0 aliphatic carbocycles. The molecule has 0 saturated carbocycles. The van der Waals surface area contributed by atoms with Crippen LogP contribution < -0.4 is 0 Å². The standard InChI is InChI=1S/C21H27FSi/c1-15(2)23(16(3)4,17(5)6)13-12-18-8-7-9-19-14-20(22)10-11-21(18)19/h7-11,14-17H,1-6H3. The van der Waals surface area contributed by atoms with Crippen molar-refractivity contribution in [2.45, 2.75) is 58.2 Å². The van der Waals surface area contributed by atoms with E-state index in [0.29, 0.717) is 16.6 Å². The maximum Gasteiger partial charge on any atom is 0.146 e. The molecule has 0 aliphatic rings. The van der Waals surface area contributed by atoms with E-state index in [1.54, 1.807) is 6.07 Å². The second-order valence-corrected chi connectivity index (χ2v) is 12.9. The number of hydrogen-bond acceptors (Lipinski definition) is 0. The molecule has 122 valence electrons. The maximum absolute atomic E-state index is 13.4. The summed E-state index contributed by atoms with van der Waals surface area (Å²) in [5.74, 6) is 3.28. The number of hydrogen-bond donors (Lipinski definition) is 0. The number of fused-ring (bicyclic) bond motifs is 1. The number of rotatable bonds is 3. The zero-order valence-corrected chi connectivity index (χ0v) is 16.1. The molecule has 0 aliphatic heterocycles.